The van der Waals surface area contributed by atoms with Crippen molar-refractivity contribution in [1.29, 1.82) is 0 Å². The molecule has 86 valence electrons. The van der Waals surface area contributed by atoms with E-state index in [0.29, 0.717) is 12.5 Å². The third-order valence-electron chi connectivity index (χ3n) is 3.16. The first-order valence-electron chi connectivity index (χ1n) is 5.57. The topological polar surface area (TPSA) is 55.6 Å². The predicted octanol–water partition coefficient (Wildman–Crippen LogP) is 1.34. The number of rotatable bonds is 0. The van der Waals surface area contributed by atoms with Crippen LogP contribution in [0.5, 0.6) is 0 Å². The Balaban J connectivity index is 1.91. The van der Waals surface area contributed by atoms with E-state index in [1.807, 2.05) is 20.8 Å². The zero-order valence-corrected chi connectivity index (χ0v) is 9.75. The van der Waals surface area contributed by atoms with Gasteiger partial charge in [0.1, 0.15) is 5.60 Å². The van der Waals surface area contributed by atoms with Gasteiger partial charge >= 0.3 is 6.09 Å². The Morgan fingerprint density at radius 1 is 1.53 bits per heavy atom. The molecule has 15 heavy (non-hydrogen) atoms. The maximum atomic E-state index is 11.8. The van der Waals surface area contributed by atoms with Crippen molar-refractivity contribution >= 4 is 6.09 Å². The number of ether oxygens (including phenoxy) is 1. The van der Waals surface area contributed by atoms with Gasteiger partial charge in [-0.05, 0) is 39.5 Å². The number of likely N-dealkylation sites (tertiary alicyclic amines) is 1. The van der Waals surface area contributed by atoms with E-state index in [0.717, 1.165) is 19.4 Å². The minimum Gasteiger partial charge on any atom is -0.444 e. The van der Waals surface area contributed by atoms with Crippen LogP contribution in [0.3, 0.4) is 0 Å². The second kappa shape index (κ2) is 3.11. The number of fused-ring (bicyclic) bond motifs is 1. The molecule has 1 amide bonds. The number of nitrogens with two attached hydrogens (primary N) is 1. The molecule has 4 nitrogen and oxygen atoms in total. The quantitative estimate of drug-likeness (QED) is 0.659. The fraction of sp³-hybridized carbons (Fsp3) is 0.909. The third-order valence-corrected chi connectivity index (χ3v) is 3.16. The number of nitrogens with zero attached hydrogens (tertiary/aromatic N) is 1. The van der Waals surface area contributed by atoms with Crippen LogP contribution in [-0.2, 0) is 4.74 Å². The van der Waals surface area contributed by atoms with E-state index in [9.17, 15) is 4.79 Å². The molecule has 2 N–H and O–H groups in total. The zero-order valence-electron chi connectivity index (χ0n) is 9.75. The van der Waals surface area contributed by atoms with Crippen LogP contribution in [0.1, 0.15) is 33.6 Å². The fourth-order valence-electron chi connectivity index (χ4n) is 2.21. The van der Waals surface area contributed by atoms with Crippen LogP contribution in [0.15, 0.2) is 0 Å². The minimum atomic E-state index is -0.417. The molecule has 0 aromatic carbocycles. The van der Waals surface area contributed by atoms with Gasteiger partial charge in [0, 0.05) is 18.6 Å². The molecule has 0 spiro atoms. The van der Waals surface area contributed by atoms with E-state index in [2.05, 4.69) is 0 Å². The first kappa shape index (κ1) is 10.7. The standard InChI is InChI=1S/C11H20N2O2/c1-10(2,3)15-9(14)13-5-4-8-6-11(8,12)7-13/h8H,4-7,12H2,1-3H3/t8-,11+/m0/s1. The van der Waals surface area contributed by atoms with Crippen LogP contribution in [0.4, 0.5) is 4.79 Å². The maximum Gasteiger partial charge on any atom is 0.410 e. The lowest BCUT2D eigenvalue weighted by atomic mass is 10.1. The second-order valence-electron chi connectivity index (χ2n) is 5.82. The van der Waals surface area contributed by atoms with Crippen molar-refractivity contribution in [2.45, 2.75) is 44.8 Å². The maximum absolute atomic E-state index is 11.8. The Hall–Kier alpha value is -0.770. The Labute approximate surface area is 90.8 Å². The first-order valence-corrected chi connectivity index (χ1v) is 5.57. The average Bonchev–Trinajstić information content (AvgIpc) is 2.71. The number of carbonyl (C=O) groups is 1. The van der Waals surface area contributed by atoms with Gasteiger partial charge in [0.15, 0.2) is 0 Å². The SMILES string of the molecule is CC(C)(C)OC(=O)N1CC[C@H]2C[C@@]2(N)C1. The van der Waals surface area contributed by atoms with Gasteiger partial charge in [0.25, 0.3) is 0 Å². The van der Waals surface area contributed by atoms with Gasteiger partial charge in [0.05, 0.1) is 0 Å². The summed E-state index contributed by atoms with van der Waals surface area (Å²) < 4.78 is 5.32. The van der Waals surface area contributed by atoms with Crippen LogP contribution in [0, 0.1) is 5.92 Å². The highest BCUT2D eigenvalue weighted by molar-refractivity contribution is 5.68. The van der Waals surface area contributed by atoms with E-state index < -0.39 is 5.60 Å². The molecule has 1 aliphatic carbocycles. The molecule has 0 bridgehead atoms. The Morgan fingerprint density at radius 2 is 2.20 bits per heavy atom. The summed E-state index contributed by atoms with van der Waals surface area (Å²) in [5.74, 6) is 0.635. The molecule has 2 fully saturated rings. The molecule has 2 rings (SSSR count). The second-order valence-corrected chi connectivity index (χ2v) is 5.82. The van der Waals surface area contributed by atoms with Crippen LogP contribution in [0.2, 0.25) is 0 Å². The number of amides is 1. The molecule has 2 atom stereocenters. The largest absolute Gasteiger partial charge is 0.444 e. The van der Waals surface area contributed by atoms with Gasteiger partial charge in [0.2, 0.25) is 0 Å². The van der Waals surface area contributed by atoms with Gasteiger partial charge in [-0.25, -0.2) is 4.79 Å². The molecule has 0 aromatic rings. The predicted molar refractivity (Wildman–Crippen MR) is 57.4 cm³/mol. The van der Waals surface area contributed by atoms with Gasteiger partial charge in [-0.1, -0.05) is 0 Å². The Morgan fingerprint density at radius 3 is 2.73 bits per heavy atom. The summed E-state index contributed by atoms with van der Waals surface area (Å²) in [6.07, 6.45) is 1.86. The summed E-state index contributed by atoms with van der Waals surface area (Å²) in [5.41, 5.74) is 5.57. The number of hydrogen-bond acceptors (Lipinski definition) is 3. The molecule has 1 aliphatic heterocycles. The van der Waals surface area contributed by atoms with Crippen LogP contribution in [-0.4, -0.2) is 35.2 Å². The fourth-order valence-corrected chi connectivity index (χ4v) is 2.21. The van der Waals surface area contributed by atoms with Crippen LogP contribution >= 0.6 is 0 Å². The molecule has 0 aromatic heterocycles. The van der Waals surface area contributed by atoms with E-state index in [4.69, 9.17) is 10.5 Å². The lowest BCUT2D eigenvalue weighted by Gasteiger charge is -2.32. The van der Waals surface area contributed by atoms with E-state index in [-0.39, 0.29) is 11.6 Å². The van der Waals surface area contributed by atoms with Crippen molar-refractivity contribution in [3.05, 3.63) is 0 Å². The van der Waals surface area contributed by atoms with Gasteiger partial charge in [-0.15, -0.1) is 0 Å². The van der Waals surface area contributed by atoms with Crippen molar-refractivity contribution in [2.75, 3.05) is 13.1 Å². The Bertz CT molecular complexity index is 285. The number of carbonyl (C=O) groups excluding carboxylic acids is 1. The van der Waals surface area contributed by atoms with Crippen molar-refractivity contribution in [3.8, 4) is 0 Å². The first-order chi connectivity index (χ1) is 6.80. The minimum absolute atomic E-state index is 0.102. The number of hydrogen-bond donors (Lipinski definition) is 1. The van der Waals surface area contributed by atoms with Crippen molar-refractivity contribution < 1.29 is 9.53 Å². The molecule has 1 saturated heterocycles. The van der Waals surface area contributed by atoms with Crippen molar-refractivity contribution in [1.82, 2.24) is 4.90 Å². The number of piperidine rings is 1. The normalized spacial score (nSPS) is 34.7. The van der Waals surface area contributed by atoms with Crippen LogP contribution in [0.25, 0.3) is 0 Å². The summed E-state index contributed by atoms with van der Waals surface area (Å²) in [6.45, 7) is 7.10. The molecule has 0 unspecified atom stereocenters. The van der Waals surface area contributed by atoms with Gasteiger partial charge in [-0.2, -0.15) is 0 Å². The highest BCUT2D eigenvalue weighted by Gasteiger charge is 2.55. The highest BCUT2D eigenvalue weighted by Crippen LogP contribution is 2.47. The summed E-state index contributed by atoms with van der Waals surface area (Å²) in [7, 11) is 0. The zero-order chi connectivity index (χ0) is 11.3. The average molecular weight is 212 g/mol. The Kier molecular flexibility index (Phi) is 2.23. The molecule has 4 heteroatoms. The summed E-state index contributed by atoms with van der Waals surface area (Å²) in [6, 6.07) is 0. The monoisotopic (exact) mass is 212 g/mol. The summed E-state index contributed by atoms with van der Waals surface area (Å²) in [4.78, 5) is 13.5. The van der Waals surface area contributed by atoms with E-state index in [1.54, 1.807) is 4.90 Å². The molecule has 1 saturated carbocycles. The smallest absolute Gasteiger partial charge is 0.410 e. The lowest BCUT2D eigenvalue weighted by molar-refractivity contribution is 0.0194. The third kappa shape index (κ3) is 2.25. The van der Waals surface area contributed by atoms with E-state index >= 15 is 0 Å². The van der Waals surface area contributed by atoms with Crippen molar-refractivity contribution in [2.24, 2.45) is 11.7 Å². The molecular formula is C11H20N2O2. The molecule has 0 radical (unpaired) electrons. The molecular weight excluding hydrogens is 192 g/mol. The summed E-state index contributed by atoms with van der Waals surface area (Å²) >= 11 is 0. The van der Waals surface area contributed by atoms with Gasteiger partial charge < -0.3 is 15.4 Å². The lowest BCUT2D eigenvalue weighted by Crippen LogP contribution is -2.49. The molecule has 2 aliphatic rings. The highest BCUT2D eigenvalue weighted by atomic mass is 16.6. The summed E-state index contributed by atoms with van der Waals surface area (Å²) in [5, 5.41) is 0. The molecule has 1 heterocycles. The van der Waals surface area contributed by atoms with E-state index in [1.165, 1.54) is 0 Å². The van der Waals surface area contributed by atoms with Crippen molar-refractivity contribution in [3.63, 3.8) is 0 Å². The van der Waals surface area contributed by atoms with Crippen LogP contribution < -0.4 is 5.73 Å². The van der Waals surface area contributed by atoms with Gasteiger partial charge in [-0.3, -0.25) is 0 Å².